The largest absolute Gasteiger partial charge is 0.381 e. The van der Waals surface area contributed by atoms with Crippen LogP contribution in [0.5, 0.6) is 0 Å². The smallest absolute Gasteiger partial charge is 0.0705 e. The lowest BCUT2D eigenvalue weighted by Crippen LogP contribution is -2.45. The number of pyridine rings is 1. The van der Waals surface area contributed by atoms with E-state index in [2.05, 4.69) is 45.1 Å². The Hall–Kier alpha value is -1.49. The van der Waals surface area contributed by atoms with Crippen LogP contribution in [-0.4, -0.2) is 59.7 Å². The number of fused-ring (bicyclic) bond motifs is 5. The fourth-order valence-electron chi connectivity index (χ4n) is 5.28. The molecule has 0 N–H and O–H groups in total. The minimum absolute atomic E-state index is 0.698. The maximum atomic E-state index is 5.59. The molecule has 2 atom stereocenters. The highest BCUT2D eigenvalue weighted by Gasteiger charge is 2.37. The minimum atomic E-state index is 0.698. The van der Waals surface area contributed by atoms with Crippen LogP contribution in [0.1, 0.15) is 31.2 Å². The molecule has 6 rings (SSSR count). The van der Waals surface area contributed by atoms with Gasteiger partial charge in [-0.05, 0) is 49.3 Å². The van der Waals surface area contributed by atoms with Crippen LogP contribution in [-0.2, 0) is 11.3 Å². The first kappa shape index (κ1) is 16.7. The van der Waals surface area contributed by atoms with Gasteiger partial charge in [0, 0.05) is 63.1 Å². The normalized spacial score (nSPS) is 28.5. The Morgan fingerprint density at radius 3 is 2.77 bits per heavy atom. The van der Waals surface area contributed by atoms with Crippen molar-refractivity contribution >= 4 is 10.9 Å². The van der Waals surface area contributed by atoms with E-state index >= 15 is 0 Å². The van der Waals surface area contributed by atoms with E-state index in [1.807, 2.05) is 6.20 Å². The van der Waals surface area contributed by atoms with E-state index in [1.165, 1.54) is 56.3 Å². The van der Waals surface area contributed by atoms with Gasteiger partial charge in [0.05, 0.1) is 5.52 Å². The second-order valence-electron chi connectivity index (χ2n) is 8.31. The molecule has 1 aromatic heterocycles. The van der Waals surface area contributed by atoms with E-state index in [1.54, 1.807) is 0 Å². The molecule has 0 spiro atoms. The van der Waals surface area contributed by atoms with Crippen LogP contribution in [0.25, 0.3) is 10.9 Å². The topological polar surface area (TPSA) is 28.6 Å². The number of rotatable bonds is 3. The molecule has 2 aromatic rings. The van der Waals surface area contributed by atoms with E-state index in [4.69, 9.17) is 4.74 Å². The molecular formula is C22H29N3O. The average Bonchev–Trinajstić information content (AvgIpc) is 3.01. The second-order valence-corrected chi connectivity index (χ2v) is 8.31. The summed E-state index contributed by atoms with van der Waals surface area (Å²) >= 11 is 0. The SMILES string of the molecule is c1cc(CN2C[C@@H]3CC[C@H]2CN(C2CCOCC2)C3)c2cccnc2c1. The molecule has 4 saturated heterocycles. The van der Waals surface area contributed by atoms with Gasteiger partial charge >= 0.3 is 0 Å². The van der Waals surface area contributed by atoms with Crippen LogP contribution in [0.2, 0.25) is 0 Å². The molecule has 4 aliphatic heterocycles. The molecule has 138 valence electrons. The summed E-state index contributed by atoms with van der Waals surface area (Å²) in [5, 5.41) is 1.32. The standard InChI is InChI=1S/C22H29N3O/c1-3-18(21-4-2-10-23-22(21)5-1)15-24-13-17-6-7-20(24)16-25(14-17)19-8-11-26-12-9-19/h1-5,10,17,19-20H,6-9,11-16H2/t17-,20-/m0/s1. The van der Waals surface area contributed by atoms with Crippen molar-refractivity contribution in [2.75, 3.05) is 32.8 Å². The number of piperidine rings is 1. The number of nitrogens with zero attached hydrogens (tertiary/aromatic N) is 3. The Morgan fingerprint density at radius 2 is 1.85 bits per heavy atom. The molecule has 1 aromatic carbocycles. The summed E-state index contributed by atoms with van der Waals surface area (Å²) in [5.74, 6) is 0.824. The van der Waals surface area contributed by atoms with E-state index in [9.17, 15) is 0 Å². The molecule has 0 radical (unpaired) electrons. The summed E-state index contributed by atoms with van der Waals surface area (Å²) in [7, 11) is 0. The number of ether oxygens (including phenoxy) is 1. The third-order valence-corrected chi connectivity index (χ3v) is 6.67. The molecule has 4 fully saturated rings. The predicted octanol–water partition coefficient (Wildman–Crippen LogP) is 3.31. The van der Waals surface area contributed by atoms with Gasteiger partial charge in [-0.15, -0.1) is 0 Å². The van der Waals surface area contributed by atoms with Crippen molar-refractivity contribution in [1.29, 1.82) is 0 Å². The Labute approximate surface area is 156 Å². The number of hydrogen-bond acceptors (Lipinski definition) is 4. The fraction of sp³-hybridized carbons (Fsp3) is 0.591. The maximum Gasteiger partial charge on any atom is 0.0705 e. The Bertz CT molecular complexity index is 753. The summed E-state index contributed by atoms with van der Waals surface area (Å²) < 4.78 is 5.59. The fourth-order valence-corrected chi connectivity index (χ4v) is 5.28. The van der Waals surface area contributed by atoms with Crippen LogP contribution in [0.3, 0.4) is 0 Å². The molecule has 2 bridgehead atoms. The van der Waals surface area contributed by atoms with Crippen molar-refractivity contribution in [2.45, 2.75) is 44.3 Å². The van der Waals surface area contributed by atoms with E-state index in [-0.39, 0.29) is 0 Å². The second kappa shape index (κ2) is 7.26. The zero-order chi connectivity index (χ0) is 17.3. The molecular weight excluding hydrogens is 322 g/mol. The van der Waals surface area contributed by atoms with Gasteiger partial charge < -0.3 is 4.74 Å². The molecule has 0 unspecified atom stereocenters. The number of aromatic nitrogens is 1. The molecule has 0 saturated carbocycles. The zero-order valence-corrected chi connectivity index (χ0v) is 15.5. The first-order valence-corrected chi connectivity index (χ1v) is 10.3. The van der Waals surface area contributed by atoms with Crippen molar-refractivity contribution in [1.82, 2.24) is 14.8 Å². The Morgan fingerprint density at radius 1 is 0.923 bits per heavy atom. The predicted molar refractivity (Wildman–Crippen MR) is 104 cm³/mol. The van der Waals surface area contributed by atoms with Crippen LogP contribution >= 0.6 is 0 Å². The highest BCUT2D eigenvalue weighted by Crippen LogP contribution is 2.32. The van der Waals surface area contributed by atoms with Crippen molar-refractivity contribution in [2.24, 2.45) is 5.92 Å². The lowest BCUT2D eigenvalue weighted by Gasteiger charge is -2.37. The minimum Gasteiger partial charge on any atom is -0.381 e. The van der Waals surface area contributed by atoms with Crippen molar-refractivity contribution in [3.05, 3.63) is 42.1 Å². The van der Waals surface area contributed by atoms with Crippen molar-refractivity contribution in [3.8, 4) is 0 Å². The third kappa shape index (κ3) is 3.26. The Balaban J connectivity index is 1.35. The molecule has 26 heavy (non-hydrogen) atoms. The number of benzene rings is 1. The molecule has 5 heterocycles. The van der Waals surface area contributed by atoms with Gasteiger partial charge in [-0.1, -0.05) is 18.2 Å². The highest BCUT2D eigenvalue weighted by atomic mass is 16.5. The molecule has 4 heteroatoms. The van der Waals surface area contributed by atoms with Gasteiger partial charge in [-0.2, -0.15) is 0 Å². The third-order valence-electron chi connectivity index (χ3n) is 6.67. The quantitative estimate of drug-likeness (QED) is 0.848. The van der Waals surface area contributed by atoms with Crippen LogP contribution in [0.4, 0.5) is 0 Å². The lowest BCUT2D eigenvalue weighted by atomic mass is 9.94. The molecule has 0 aliphatic carbocycles. The molecule has 4 nitrogen and oxygen atoms in total. The first-order valence-electron chi connectivity index (χ1n) is 10.3. The van der Waals surface area contributed by atoms with E-state index in [0.29, 0.717) is 6.04 Å². The summed E-state index contributed by atoms with van der Waals surface area (Å²) in [6.07, 6.45) is 7.08. The Kier molecular flexibility index (Phi) is 4.65. The van der Waals surface area contributed by atoms with Crippen molar-refractivity contribution < 1.29 is 4.74 Å². The van der Waals surface area contributed by atoms with Crippen molar-refractivity contribution in [3.63, 3.8) is 0 Å². The summed E-state index contributed by atoms with van der Waals surface area (Å²) in [5.41, 5.74) is 2.55. The summed E-state index contributed by atoms with van der Waals surface area (Å²) in [6.45, 7) is 6.73. The van der Waals surface area contributed by atoms with E-state index in [0.717, 1.165) is 37.2 Å². The number of hydrogen-bond donors (Lipinski definition) is 0. The maximum absolute atomic E-state index is 5.59. The first-order chi connectivity index (χ1) is 12.9. The van der Waals surface area contributed by atoms with Gasteiger partial charge in [0.15, 0.2) is 0 Å². The van der Waals surface area contributed by atoms with E-state index < -0.39 is 0 Å². The summed E-state index contributed by atoms with van der Waals surface area (Å²) in [4.78, 5) is 10.1. The van der Waals surface area contributed by atoms with Gasteiger partial charge in [0.25, 0.3) is 0 Å². The average molecular weight is 351 g/mol. The van der Waals surface area contributed by atoms with Gasteiger partial charge in [0.2, 0.25) is 0 Å². The van der Waals surface area contributed by atoms with Gasteiger partial charge in [-0.3, -0.25) is 14.8 Å². The van der Waals surface area contributed by atoms with Crippen LogP contribution in [0, 0.1) is 5.92 Å². The molecule has 0 amide bonds. The monoisotopic (exact) mass is 351 g/mol. The zero-order valence-electron chi connectivity index (χ0n) is 15.5. The molecule has 4 aliphatic rings. The van der Waals surface area contributed by atoms with Gasteiger partial charge in [-0.25, -0.2) is 0 Å². The van der Waals surface area contributed by atoms with Gasteiger partial charge in [0.1, 0.15) is 0 Å². The lowest BCUT2D eigenvalue weighted by molar-refractivity contribution is 0.0307. The van der Waals surface area contributed by atoms with Crippen LogP contribution in [0.15, 0.2) is 36.5 Å². The summed E-state index contributed by atoms with van der Waals surface area (Å²) in [6, 6.07) is 12.3. The highest BCUT2D eigenvalue weighted by molar-refractivity contribution is 5.81. The van der Waals surface area contributed by atoms with Crippen LogP contribution < -0.4 is 0 Å².